The molecular weight excluding hydrogens is 927 g/mol. The molecule has 66 heavy (non-hydrogen) atoms. The van der Waals surface area contributed by atoms with Gasteiger partial charge in [0.1, 0.15) is 36.6 Å². The smallest absolute Gasteiger partial charge is 0.229 e. The average molecular weight is 987 g/mol. The third-order valence-electron chi connectivity index (χ3n) is 13.8. The SMILES string of the molecule is CCc1cc(Nc2ncc(Br)c(Nc3ccc4nc(C5CC5)ccc4c3P(C)(C)=O)n2)c(OC)cc1N1CCC(N2CCN(CCc3cc(F)c([C@H]4CCC(=O)NC4O)c(F)c3)CC2)CC1. The number of aromatic nitrogens is 3. The number of fused-ring (bicyclic) bond motifs is 1. The number of aryl methyl sites for hydroxylation is 1. The molecule has 0 bridgehead atoms. The van der Waals surface area contributed by atoms with Gasteiger partial charge >= 0.3 is 0 Å². The minimum Gasteiger partial charge on any atom is -0.494 e. The summed E-state index contributed by atoms with van der Waals surface area (Å²) >= 11 is 3.63. The summed E-state index contributed by atoms with van der Waals surface area (Å²) in [6, 6.07) is 15.5. The first-order valence-corrected chi connectivity index (χ1v) is 26.6. The van der Waals surface area contributed by atoms with E-state index in [4.69, 9.17) is 14.7 Å². The number of nitrogens with zero attached hydrogens (tertiary/aromatic N) is 6. The molecule has 5 aromatic rings. The van der Waals surface area contributed by atoms with Gasteiger partial charge in [0.2, 0.25) is 11.9 Å². The molecule has 9 rings (SSSR count). The van der Waals surface area contributed by atoms with Gasteiger partial charge < -0.3 is 40.2 Å². The van der Waals surface area contributed by atoms with Gasteiger partial charge in [0.25, 0.3) is 0 Å². The van der Waals surface area contributed by atoms with Crippen LogP contribution in [-0.4, -0.2) is 114 Å². The molecule has 3 aromatic carbocycles. The second-order valence-corrected chi connectivity index (χ2v) is 22.5. The monoisotopic (exact) mass is 985 g/mol. The van der Waals surface area contributed by atoms with Crippen LogP contribution in [-0.2, 0) is 22.2 Å². The number of hydrogen-bond acceptors (Lipinski definition) is 12. The number of halogens is 3. The Kier molecular flexibility index (Phi) is 13.7. The van der Waals surface area contributed by atoms with Crippen molar-refractivity contribution < 1.29 is 28.0 Å². The molecule has 4 N–H and O–H groups in total. The van der Waals surface area contributed by atoms with Crippen molar-refractivity contribution in [3.63, 3.8) is 0 Å². The lowest BCUT2D eigenvalue weighted by Crippen LogP contribution is -2.53. The van der Waals surface area contributed by atoms with Crippen LogP contribution in [0.3, 0.4) is 0 Å². The van der Waals surface area contributed by atoms with Gasteiger partial charge in [0, 0.05) is 110 Å². The van der Waals surface area contributed by atoms with E-state index in [2.05, 4.69) is 82.8 Å². The van der Waals surface area contributed by atoms with Gasteiger partial charge in [-0.2, -0.15) is 4.98 Å². The van der Waals surface area contributed by atoms with Crippen molar-refractivity contribution in [3.05, 3.63) is 93.2 Å². The number of hydrogen-bond donors (Lipinski definition) is 4. The molecule has 13 nitrogen and oxygen atoms in total. The molecule has 0 spiro atoms. The molecule has 1 saturated carbocycles. The Hall–Kier alpha value is -4.73. The largest absolute Gasteiger partial charge is 0.494 e. The third-order valence-corrected chi connectivity index (χ3v) is 15.9. The summed E-state index contributed by atoms with van der Waals surface area (Å²) in [5.41, 5.74) is 6.21. The molecule has 4 fully saturated rings. The molecule has 0 radical (unpaired) electrons. The number of rotatable bonds is 14. The van der Waals surface area contributed by atoms with Crippen LogP contribution in [0.5, 0.6) is 5.75 Å². The number of nitrogens with one attached hydrogen (secondary N) is 3. The number of piperidine rings is 2. The maximum Gasteiger partial charge on any atom is 0.229 e. The quantitative estimate of drug-likeness (QED) is 0.0793. The summed E-state index contributed by atoms with van der Waals surface area (Å²) in [5.74, 6) is -0.326. The minimum absolute atomic E-state index is 0.126. The standard InChI is InChI=1S/C49H59BrF2N9O4P/c1-5-30-26-41(56-49-53-28-35(50)47(58-49)55-40-12-11-39-33(46(40)66(3,4)64)8-10-38(54-39)31-6-7-31)43(65-2)27-42(30)61-18-15-32(16-19-61)60-22-20-59(21-23-60)17-14-29-24-36(51)45(37(52)25-29)34-9-13-44(62)57-48(34)63/h8,10-12,24-28,31-32,34,48,63H,5-7,9,13-23H2,1-4H3,(H,57,62)(H2,53,55,56,58)/t34-,48?/m1/s1. The molecule has 1 unspecified atom stereocenters. The van der Waals surface area contributed by atoms with Crippen molar-refractivity contribution in [1.82, 2.24) is 30.1 Å². The fraction of sp³-hybridized carbons (Fsp3) is 0.469. The van der Waals surface area contributed by atoms with Gasteiger partial charge in [-0.05, 0) is 122 Å². The van der Waals surface area contributed by atoms with Crippen LogP contribution in [0.2, 0.25) is 0 Å². The summed E-state index contributed by atoms with van der Waals surface area (Å²) in [6.45, 7) is 12.0. The van der Waals surface area contributed by atoms with Gasteiger partial charge in [-0.1, -0.05) is 13.0 Å². The number of pyridine rings is 1. The number of aliphatic hydroxyl groups is 1. The number of carbonyl (C=O) groups excluding carboxylic acids is 1. The van der Waals surface area contributed by atoms with Crippen LogP contribution < -0.4 is 30.9 Å². The van der Waals surface area contributed by atoms with Crippen LogP contribution >= 0.6 is 23.1 Å². The van der Waals surface area contributed by atoms with E-state index in [1.807, 2.05) is 12.1 Å². The molecule has 2 aromatic heterocycles. The Labute approximate surface area is 393 Å². The summed E-state index contributed by atoms with van der Waals surface area (Å²) in [5, 5.41) is 21.1. The van der Waals surface area contributed by atoms with E-state index in [1.54, 1.807) is 26.6 Å². The molecule has 2 atom stereocenters. The van der Waals surface area contributed by atoms with Gasteiger partial charge in [0.15, 0.2) is 0 Å². The maximum atomic E-state index is 15.2. The van der Waals surface area contributed by atoms with Gasteiger partial charge in [0.05, 0.1) is 28.5 Å². The van der Waals surface area contributed by atoms with Crippen LogP contribution in [0, 0.1) is 11.6 Å². The predicted molar refractivity (Wildman–Crippen MR) is 261 cm³/mol. The van der Waals surface area contributed by atoms with Crippen molar-refractivity contribution in [3.8, 4) is 5.75 Å². The Bertz CT molecular complexity index is 2650. The summed E-state index contributed by atoms with van der Waals surface area (Å²) in [6.07, 6.45) is 6.50. The second kappa shape index (κ2) is 19.5. The number of amides is 1. The van der Waals surface area contributed by atoms with E-state index in [-0.39, 0.29) is 24.3 Å². The second-order valence-electron chi connectivity index (χ2n) is 18.5. The fourth-order valence-corrected chi connectivity index (χ4v) is 11.8. The first kappa shape index (κ1) is 46.4. The Morgan fingerprint density at radius 2 is 1.67 bits per heavy atom. The molecule has 1 amide bonds. The van der Waals surface area contributed by atoms with Crippen LogP contribution in [0.25, 0.3) is 10.9 Å². The molecule has 3 saturated heterocycles. The van der Waals surface area contributed by atoms with E-state index in [0.717, 1.165) is 91.8 Å². The third kappa shape index (κ3) is 10.1. The van der Waals surface area contributed by atoms with E-state index in [1.165, 1.54) is 30.5 Å². The molecular formula is C49H59BrF2N9O4P. The molecule has 350 valence electrons. The van der Waals surface area contributed by atoms with Crippen molar-refractivity contribution in [2.24, 2.45) is 0 Å². The lowest BCUT2D eigenvalue weighted by atomic mass is 9.88. The number of anilines is 5. The molecule has 3 aliphatic heterocycles. The van der Waals surface area contributed by atoms with Crippen LogP contribution in [0.1, 0.15) is 79.7 Å². The van der Waals surface area contributed by atoms with Crippen molar-refractivity contribution in [2.75, 3.05) is 81.8 Å². The zero-order valence-electron chi connectivity index (χ0n) is 38.0. The number of benzene rings is 3. The highest BCUT2D eigenvalue weighted by Crippen LogP contribution is 2.44. The topological polar surface area (TPSA) is 148 Å². The zero-order valence-corrected chi connectivity index (χ0v) is 40.5. The lowest BCUT2D eigenvalue weighted by Gasteiger charge is -2.43. The first-order chi connectivity index (χ1) is 31.8. The maximum absolute atomic E-state index is 15.2. The normalized spacial score (nSPS) is 20.1. The number of carbonyl (C=O) groups is 1. The molecule has 4 aliphatic rings. The van der Waals surface area contributed by atoms with E-state index in [9.17, 15) is 14.5 Å². The molecule has 17 heteroatoms. The number of methoxy groups -OCH3 is 1. The van der Waals surface area contributed by atoms with E-state index in [0.29, 0.717) is 58.2 Å². The highest BCUT2D eigenvalue weighted by Gasteiger charge is 2.34. The fourth-order valence-electron chi connectivity index (χ4n) is 10.0. The highest BCUT2D eigenvalue weighted by atomic mass is 79.9. The van der Waals surface area contributed by atoms with Crippen molar-refractivity contribution in [1.29, 1.82) is 0 Å². The molecule has 1 aliphatic carbocycles. The van der Waals surface area contributed by atoms with E-state index < -0.39 is 30.9 Å². The van der Waals surface area contributed by atoms with Gasteiger partial charge in [-0.3, -0.25) is 14.7 Å². The zero-order chi connectivity index (χ0) is 46.3. The van der Waals surface area contributed by atoms with Crippen molar-refractivity contribution in [2.45, 2.75) is 82.4 Å². The number of aliphatic hydroxyl groups excluding tert-OH is 1. The van der Waals surface area contributed by atoms with E-state index >= 15 is 8.78 Å². The minimum atomic E-state index is -2.74. The van der Waals surface area contributed by atoms with Gasteiger partial charge in [-0.15, -0.1) is 0 Å². The summed E-state index contributed by atoms with van der Waals surface area (Å²) < 4.78 is 50.7. The number of piperazine rings is 1. The highest BCUT2D eigenvalue weighted by molar-refractivity contribution is 9.10. The lowest BCUT2D eigenvalue weighted by molar-refractivity contribution is -0.127. The van der Waals surface area contributed by atoms with Crippen LogP contribution in [0.4, 0.5) is 37.6 Å². The summed E-state index contributed by atoms with van der Waals surface area (Å²) in [7, 11) is -1.07. The molecule has 5 heterocycles. The predicted octanol–water partition coefficient (Wildman–Crippen LogP) is 8.39. The Morgan fingerprint density at radius 1 is 0.924 bits per heavy atom. The summed E-state index contributed by atoms with van der Waals surface area (Å²) in [4.78, 5) is 33.4. The number of ether oxygens (including phenoxy) is 1. The average Bonchev–Trinajstić information content (AvgIpc) is 4.16. The Balaban J connectivity index is 0.807. The first-order valence-electron chi connectivity index (χ1n) is 23.2. The van der Waals surface area contributed by atoms with Crippen molar-refractivity contribution >= 4 is 74.0 Å². The van der Waals surface area contributed by atoms with Gasteiger partial charge in [-0.25, -0.2) is 13.8 Å². The Morgan fingerprint density at radius 3 is 2.33 bits per heavy atom. The van der Waals surface area contributed by atoms with Crippen LogP contribution in [0.15, 0.2) is 59.2 Å².